The number of amides is 1. The fourth-order valence-electron chi connectivity index (χ4n) is 2.56. The monoisotopic (exact) mass is 378 g/mol. The van der Waals surface area contributed by atoms with Gasteiger partial charge in [0.25, 0.3) is 5.91 Å². The van der Waals surface area contributed by atoms with Crippen molar-refractivity contribution in [2.24, 2.45) is 0 Å². The van der Waals surface area contributed by atoms with Gasteiger partial charge in [0.1, 0.15) is 5.75 Å². The molecular formula is C17H18N2O6S. The van der Waals surface area contributed by atoms with Crippen molar-refractivity contribution in [2.45, 2.75) is 13.0 Å². The predicted octanol–water partition coefficient (Wildman–Crippen LogP) is 1.98. The van der Waals surface area contributed by atoms with Crippen LogP contribution in [-0.2, 0) is 10.0 Å². The highest BCUT2D eigenvalue weighted by molar-refractivity contribution is 7.92. The van der Waals surface area contributed by atoms with Crippen LogP contribution in [0.25, 0.3) is 0 Å². The number of nitrogens with one attached hydrogen (secondary N) is 2. The summed E-state index contributed by atoms with van der Waals surface area (Å²) in [5.74, 6) is 0.0628. The maximum Gasteiger partial charge on any atom is 0.255 e. The maximum atomic E-state index is 12.5. The first-order valence-corrected chi connectivity index (χ1v) is 9.63. The summed E-state index contributed by atoms with van der Waals surface area (Å²) in [6.07, 6.45) is 1.06. The number of hydrogen-bond donors (Lipinski definition) is 3. The van der Waals surface area contributed by atoms with Crippen molar-refractivity contribution in [1.82, 2.24) is 5.32 Å². The average molecular weight is 378 g/mol. The molecule has 0 saturated heterocycles. The first kappa shape index (κ1) is 17.9. The fraction of sp³-hybridized carbons (Fsp3) is 0.235. The van der Waals surface area contributed by atoms with Crippen molar-refractivity contribution in [2.75, 3.05) is 17.8 Å². The quantitative estimate of drug-likeness (QED) is 0.733. The van der Waals surface area contributed by atoms with E-state index in [0.717, 1.165) is 6.26 Å². The number of aromatic hydroxyl groups is 1. The van der Waals surface area contributed by atoms with Gasteiger partial charge in [0.05, 0.1) is 17.9 Å². The molecule has 1 aliphatic heterocycles. The molecule has 8 nitrogen and oxygen atoms in total. The molecule has 0 unspecified atom stereocenters. The van der Waals surface area contributed by atoms with E-state index < -0.39 is 22.0 Å². The summed E-state index contributed by atoms with van der Waals surface area (Å²) in [4.78, 5) is 12.5. The second-order valence-corrected chi connectivity index (χ2v) is 7.67. The highest BCUT2D eigenvalue weighted by Gasteiger charge is 2.22. The van der Waals surface area contributed by atoms with Gasteiger partial charge in [-0.2, -0.15) is 0 Å². The Hall–Kier alpha value is -2.94. The topological polar surface area (TPSA) is 114 Å². The van der Waals surface area contributed by atoms with E-state index in [4.69, 9.17) is 9.47 Å². The molecule has 0 fully saturated rings. The van der Waals surface area contributed by atoms with Crippen LogP contribution in [0.5, 0.6) is 17.2 Å². The third kappa shape index (κ3) is 3.99. The Morgan fingerprint density at radius 1 is 1.19 bits per heavy atom. The second kappa shape index (κ2) is 6.75. The van der Waals surface area contributed by atoms with E-state index in [9.17, 15) is 18.3 Å². The van der Waals surface area contributed by atoms with Gasteiger partial charge < -0.3 is 19.9 Å². The molecule has 1 atom stereocenters. The van der Waals surface area contributed by atoms with Gasteiger partial charge in [-0.25, -0.2) is 8.42 Å². The van der Waals surface area contributed by atoms with Gasteiger partial charge in [0.2, 0.25) is 16.8 Å². The van der Waals surface area contributed by atoms with Gasteiger partial charge in [-0.15, -0.1) is 0 Å². The summed E-state index contributed by atoms with van der Waals surface area (Å²) in [5, 5.41) is 12.8. The molecule has 0 aliphatic carbocycles. The standard InChI is InChI=1S/C17H18N2O6S/c1-10(11-4-3-5-12(6-11)19-26(2,22)23)18-17(21)13-7-15-16(8-14(13)20)25-9-24-15/h3-8,10,19-20H,9H2,1-2H3,(H,18,21)/t10-/m1/s1. The Bertz CT molecular complexity index is 958. The molecule has 2 aromatic carbocycles. The molecule has 26 heavy (non-hydrogen) atoms. The lowest BCUT2D eigenvalue weighted by Gasteiger charge is -2.16. The molecule has 138 valence electrons. The predicted molar refractivity (Wildman–Crippen MR) is 95.0 cm³/mol. The lowest BCUT2D eigenvalue weighted by molar-refractivity contribution is 0.0936. The SMILES string of the molecule is C[C@@H](NC(=O)c1cc2c(cc1O)OCO2)c1cccc(NS(C)(=O)=O)c1. The summed E-state index contributed by atoms with van der Waals surface area (Å²) in [6, 6.07) is 9.02. The third-order valence-corrected chi connectivity index (χ3v) is 4.38. The minimum absolute atomic E-state index is 0.0381. The number of phenols is 1. The van der Waals surface area contributed by atoms with Crippen LogP contribution in [-0.4, -0.2) is 32.5 Å². The summed E-state index contributed by atoms with van der Waals surface area (Å²) in [7, 11) is -3.39. The molecule has 3 N–H and O–H groups in total. The van der Waals surface area contributed by atoms with Crippen molar-refractivity contribution in [3.05, 3.63) is 47.5 Å². The van der Waals surface area contributed by atoms with Crippen LogP contribution >= 0.6 is 0 Å². The largest absolute Gasteiger partial charge is 0.507 e. The minimum Gasteiger partial charge on any atom is -0.507 e. The molecule has 0 bridgehead atoms. The summed E-state index contributed by atoms with van der Waals surface area (Å²) in [5.41, 5.74) is 1.16. The summed E-state index contributed by atoms with van der Waals surface area (Å²) < 4.78 is 35.4. The molecule has 1 heterocycles. The molecule has 0 radical (unpaired) electrons. The number of benzene rings is 2. The summed E-state index contributed by atoms with van der Waals surface area (Å²) in [6.45, 7) is 1.79. The second-order valence-electron chi connectivity index (χ2n) is 5.92. The highest BCUT2D eigenvalue weighted by atomic mass is 32.2. The van der Waals surface area contributed by atoms with Crippen LogP contribution in [0.2, 0.25) is 0 Å². The first-order chi connectivity index (χ1) is 12.2. The molecule has 0 spiro atoms. The number of carbonyl (C=O) groups excluding carboxylic acids is 1. The zero-order chi connectivity index (χ0) is 18.9. The zero-order valence-electron chi connectivity index (χ0n) is 14.1. The van der Waals surface area contributed by atoms with Gasteiger partial charge in [-0.3, -0.25) is 9.52 Å². The van der Waals surface area contributed by atoms with Gasteiger partial charge >= 0.3 is 0 Å². The van der Waals surface area contributed by atoms with Crippen LogP contribution < -0.4 is 19.5 Å². The van der Waals surface area contributed by atoms with Crippen molar-refractivity contribution >= 4 is 21.6 Å². The molecule has 2 aromatic rings. The molecule has 0 saturated carbocycles. The smallest absolute Gasteiger partial charge is 0.255 e. The van der Waals surface area contributed by atoms with Crippen molar-refractivity contribution in [1.29, 1.82) is 0 Å². The molecule has 0 aromatic heterocycles. The number of ether oxygens (including phenoxy) is 2. The lowest BCUT2D eigenvalue weighted by atomic mass is 10.1. The van der Waals surface area contributed by atoms with Crippen LogP contribution in [0.4, 0.5) is 5.69 Å². The van der Waals surface area contributed by atoms with E-state index in [1.807, 2.05) is 0 Å². The zero-order valence-corrected chi connectivity index (χ0v) is 15.0. The number of carbonyl (C=O) groups is 1. The van der Waals surface area contributed by atoms with Crippen LogP contribution in [0.15, 0.2) is 36.4 Å². The Morgan fingerprint density at radius 3 is 2.58 bits per heavy atom. The molecule has 9 heteroatoms. The van der Waals surface area contributed by atoms with E-state index >= 15 is 0 Å². The van der Waals surface area contributed by atoms with E-state index in [0.29, 0.717) is 22.7 Å². The Balaban J connectivity index is 1.77. The molecule has 3 rings (SSSR count). The number of hydrogen-bond acceptors (Lipinski definition) is 6. The molecular weight excluding hydrogens is 360 g/mol. The van der Waals surface area contributed by atoms with Gasteiger partial charge in [0.15, 0.2) is 11.5 Å². The average Bonchev–Trinajstić information content (AvgIpc) is 2.99. The number of phenolic OH excluding ortho intramolecular Hbond substituents is 1. The van der Waals surface area contributed by atoms with E-state index in [-0.39, 0.29) is 18.1 Å². The van der Waals surface area contributed by atoms with Crippen LogP contribution in [0.3, 0.4) is 0 Å². The van der Waals surface area contributed by atoms with Crippen molar-refractivity contribution < 1.29 is 27.8 Å². The van der Waals surface area contributed by atoms with Gasteiger partial charge in [-0.1, -0.05) is 12.1 Å². The van der Waals surface area contributed by atoms with E-state index in [1.165, 1.54) is 12.1 Å². The van der Waals surface area contributed by atoms with Crippen LogP contribution in [0.1, 0.15) is 28.9 Å². The van der Waals surface area contributed by atoms with Crippen molar-refractivity contribution in [3.8, 4) is 17.2 Å². The van der Waals surface area contributed by atoms with E-state index in [1.54, 1.807) is 31.2 Å². The Labute approximate surface area is 150 Å². The number of sulfonamides is 1. The Kier molecular flexibility index (Phi) is 4.64. The normalized spacial score (nSPS) is 13.9. The fourth-order valence-corrected chi connectivity index (χ4v) is 3.11. The molecule has 1 amide bonds. The summed E-state index contributed by atoms with van der Waals surface area (Å²) >= 11 is 0. The van der Waals surface area contributed by atoms with Gasteiger partial charge in [-0.05, 0) is 24.6 Å². The highest BCUT2D eigenvalue weighted by Crippen LogP contribution is 2.37. The maximum absolute atomic E-state index is 12.5. The van der Waals surface area contributed by atoms with E-state index in [2.05, 4.69) is 10.0 Å². The number of anilines is 1. The lowest BCUT2D eigenvalue weighted by Crippen LogP contribution is -2.26. The number of rotatable bonds is 5. The van der Waals surface area contributed by atoms with Crippen molar-refractivity contribution in [3.63, 3.8) is 0 Å². The Morgan fingerprint density at radius 2 is 1.88 bits per heavy atom. The number of fused-ring (bicyclic) bond motifs is 1. The minimum atomic E-state index is -3.39. The molecule has 1 aliphatic rings. The third-order valence-electron chi connectivity index (χ3n) is 3.77. The van der Waals surface area contributed by atoms with Crippen LogP contribution in [0, 0.1) is 0 Å². The first-order valence-electron chi connectivity index (χ1n) is 7.74. The van der Waals surface area contributed by atoms with Gasteiger partial charge in [0, 0.05) is 17.8 Å².